The average molecular weight is 285 g/mol. The monoisotopic (exact) mass is 285 g/mol. The van der Waals surface area contributed by atoms with Gasteiger partial charge in [-0.15, -0.1) is 0 Å². The van der Waals surface area contributed by atoms with E-state index >= 15 is 0 Å². The Morgan fingerprint density at radius 1 is 1.00 bits per heavy atom. The molecule has 0 aliphatic heterocycles. The molecule has 2 aromatic carbocycles. The number of nitro groups is 2. The minimum absolute atomic E-state index is 0.0785. The number of aromatic nitrogens is 1. The molecule has 1 aromatic heterocycles. The zero-order valence-corrected chi connectivity index (χ0v) is 10.4. The van der Waals surface area contributed by atoms with E-state index in [-0.39, 0.29) is 17.0 Å². The summed E-state index contributed by atoms with van der Waals surface area (Å²) >= 11 is 0. The molecule has 0 aliphatic carbocycles. The highest BCUT2D eigenvalue weighted by molar-refractivity contribution is 5.87. The SMILES string of the molecule is O=[N+]([O-])c1cc([N+](=O)[O-])c2oc(-c3ccccc3)nc2c1. The van der Waals surface area contributed by atoms with E-state index in [1.54, 1.807) is 30.3 Å². The van der Waals surface area contributed by atoms with Crippen molar-refractivity contribution in [2.45, 2.75) is 0 Å². The molecule has 0 atom stereocenters. The van der Waals surface area contributed by atoms with Crippen molar-refractivity contribution in [3.8, 4) is 11.5 Å². The van der Waals surface area contributed by atoms with Crippen molar-refractivity contribution in [3.63, 3.8) is 0 Å². The fraction of sp³-hybridized carbons (Fsp3) is 0. The Labute approximate surface area is 116 Å². The Balaban J connectivity index is 2.27. The van der Waals surface area contributed by atoms with Crippen LogP contribution >= 0.6 is 0 Å². The zero-order valence-electron chi connectivity index (χ0n) is 10.4. The maximum atomic E-state index is 11.0. The van der Waals surface area contributed by atoms with Crippen molar-refractivity contribution in [2.24, 2.45) is 0 Å². The molecule has 0 fully saturated rings. The van der Waals surface area contributed by atoms with Gasteiger partial charge in [-0.25, -0.2) is 4.98 Å². The predicted molar refractivity (Wildman–Crippen MR) is 72.8 cm³/mol. The largest absolute Gasteiger partial charge is 0.429 e. The Bertz CT molecular complexity index is 857. The van der Waals surface area contributed by atoms with Crippen molar-refractivity contribution in [2.75, 3.05) is 0 Å². The number of oxazole rings is 1. The number of rotatable bonds is 3. The first-order valence-electron chi connectivity index (χ1n) is 5.85. The van der Waals surface area contributed by atoms with E-state index in [1.807, 2.05) is 0 Å². The van der Waals surface area contributed by atoms with Gasteiger partial charge in [0.15, 0.2) is 0 Å². The number of nitrogens with zero attached hydrogens (tertiary/aromatic N) is 3. The minimum atomic E-state index is -0.727. The van der Waals surface area contributed by atoms with Crippen LogP contribution in [0.1, 0.15) is 0 Å². The summed E-state index contributed by atoms with van der Waals surface area (Å²) in [4.78, 5) is 24.5. The second-order valence-corrected chi connectivity index (χ2v) is 4.21. The first kappa shape index (κ1) is 12.7. The first-order chi connectivity index (χ1) is 10.1. The van der Waals surface area contributed by atoms with Crippen molar-refractivity contribution in [1.82, 2.24) is 4.98 Å². The van der Waals surface area contributed by atoms with Crippen LogP contribution in [0.25, 0.3) is 22.6 Å². The summed E-state index contributed by atoms with van der Waals surface area (Å²) in [6, 6.07) is 10.8. The lowest BCUT2D eigenvalue weighted by atomic mass is 10.2. The van der Waals surface area contributed by atoms with Crippen LogP contribution in [0, 0.1) is 20.2 Å². The molecule has 0 N–H and O–H groups in total. The third-order valence-corrected chi connectivity index (χ3v) is 2.88. The highest BCUT2D eigenvalue weighted by Gasteiger charge is 2.24. The molecule has 0 saturated carbocycles. The van der Waals surface area contributed by atoms with Gasteiger partial charge in [-0.3, -0.25) is 20.2 Å². The van der Waals surface area contributed by atoms with E-state index in [9.17, 15) is 20.2 Å². The number of hydrogen-bond acceptors (Lipinski definition) is 6. The fourth-order valence-electron chi connectivity index (χ4n) is 1.95. The van der Waals surface area contributed by atoms with Crippen LogP contribution in [0.2, 0.25) is 0 Å². The van der Waals surface area contributed by atoms with Crippen molar-refractivity contribution < 1.29 is 14.3 Å². The van der Waals surface area contributed by atoms with Gasteiger partial charge in [0.1, 0.15) is 5.52 Å². The quantitative estimate of drug-likeness (QED) is 0.538. The Hall–Kier alpha value is -3.29. The van der Waals surface area contributed by atoms with E-state index in [2.05, 4.69) is 4.98 Å². The summed E-state index contributed by atoms with van der Waals surface area (Å²) < 4.78 is 5.41. The molecular formula is C13H7N3O5. The molecule has 8 nitrogen and oxygen atoms in total. The highest BCUT2D eigenvalue weighted by Crippen LogP contribution is 2.34. The standard InChI is InChI=1S/C13H7N3O5/c17-15(18)9-6-10-12(11(7-9)16(19)20)21-13(14-10)8-4-2-1-3-5-8/h1-7H. The average Bonchev–Trinajstić information content (AvgIpc) is 2.90. The minimum Gasteiger partial charge on any atom is -0.429 e. The van der Waals surface area contributed by atoms with Crippen LogP contribution in [0.3, 0.4) is 0 Å². The maximum Gasteiger partial charge on any atom is 0.320 e. The van der Waals surface area contributed by atoms with Crippen LogP contribution in [0.5, 0.6) is 0 Å². The third kappa shape index (κ3) is 2.18. The molecule has 0 aliphatic rings. The van der Waals surface area contributed by atoms with E-state index in [1.165, 1.54) is 0 Å². The van der Waals surface area contributed by atoms with Gasteiger partial charge in [0, 0.05) is 11.6 Å². The molecule has 0 spiro atoms. The van der Waals surface area contributed by atoms with Gasteiger partial charge in [-0.05, 0) is 12.1 Å². The summed E-state index contributed by atoms with van der Waals surface area (Å²) in [5.74, 6) is 0.175. The van der Waals surface area contributed by atoms with Crippen molar-refractivity contribution >= 4 is 22.5 Å². The molecule has 104 valence electrons. The highest BCUT2D eigenvalue weighted by atomic mass is 16.6. The van der Waals surface area contributed by atoms with Gasteiger partial charge in [0.25, 0.3) is 5.69 Å². The number of non-ortho nitro benzene ring substituents is 2. The smallest absolute Gasteiger partial charge is 0.320 e. The lowest BCUT2D eigenvalue weighted by Gasteiger charge is -1.93. The van der Waals surface area contributed by atoms with E-state index in [0.717, 1.165) is 12.1 Å². The summed E-state index contributed by atoms with van der Waals surface area (Å²) in [6.07, 6.45) is 0. The van der Waals surface area contributed by atoms with Gasteiger partial charge < -0.3 is 4.42 Å². The molecule has 0 radical (unpaired) electrons. The predicted octanol–water partition coefficient (Wildman–Crippen LogP) is 3.31. The van der Waals surface area contributed by atoms with Gasteiger partial charge in [-0.1, -0.05) is 18.2 Å². The number of fused-ring (bicyclic) bond motifs is 1. The topological polar surface area (TPSA) is 112 Å². The lowest BCUT2D eigenvalue weighted by molar-refractivity contribution is -0.393. The summed E-state index contributed by atoms with van der Waals surface area (Å²) in [5, 5.41) is 21.9. The lowest BCUT2D eigenvalue weighted by Crippen LogP contribution is -1.93. The van der Waals surface area contributed by atoms with Crippen LogP contribution in [-0.2, 0) is 0 Å². The normalized spacial score (nSPS) is 10.7. The van der Waals surface area contributed by atoms with Crippen molar-refractivity contribution in [1.29, 1.82) is 0 Å². The van der Waals surface area contributed by atoms with Crippen LogP contribution in [0.15, 0.2) is 46.9 Å². The zero-order chi connectivity index (χ0) is 15.0. The van der Waals surface area contributed by atoms with Gasteiger partial charge >= 0.3 is 5.69 Å². The summed E-state index contributed by atoms with van der Waals surface area (Å²) in [7, 11) is 0. The molecule has 3 rings (SSSR count). The molecule has 3 aromatic rings. The van der Waals surface area contributed by atoms with Crippen molar-refractivity contribution in [3.05, 3.63) is 62.7 Å². The third-order valence-electron chi connectivity index (χ3n) is 2.88. The Morgan fingerprint density at radius 2 is 1.71 bits per heavy atom. The summed E-state index contributed by atoms with van der Waals surface area (Å²) in [5.41, 5.74) is -0.249. The van der Waals surface area contributed by atoms with E-state index in [4.69, 9.17) is 4.42 Å². The van der Waals surface area contributed by atoms with Gasteiger partial charge in [0.2, 0.25) is 11.5 Å². The van der Waals surface area contributed by atoms with E-state index in [0.29, 0.717) is 5.56 Å². The van der Waals surface area contributed by atoms with Crippen LogP contribution in [-0.4, -0.2) is 14.8 Å². The molecular weight excluding hydrogens is 278 g/mol. The molecule has 21 heavy (non-hydrogen) atoms. The maximum absolute atomic E-state index is 11.0. The second-order valence-electron chi connectivity index (χ2n) is 4.21. The van der Waals surface area contributed by atoms with E-state index < -0.39 is 21.2 Å². The molecule has 1 heterocycles. The van der Waals surface area contributed by atoms with Gasteiger partial charge in [0.05, 0.1) is 15.9 Å². The van der Waals surface area contributed by atoms with Crippen LogP contribution in [0.4, 0.5) is 11.4 Å². The van der Waals surface area contributed by atoms with Crippen LogP contribution < -0.4 is 0 Å². The number of benzene rings is 2. The first-order valence-corrected chi connectivity index (χ1v) is 5.85. The number of nitro benzene ring substituents is 2. The molecule has 0 unspecified atom stereocenters. The molecule has 0 saturated heterocycles. The fourth-order valence-corrected chi connectivity index (χ4v) is 1.95. The second kappa shape index (κ2) is 4.67. The Morgan fingerprint density at radius 3 is 2.33 bits per heavy atom. The molecule has 0 amide bonds. The number of hydrogen-bond donors (Lipinski definition) is 0. The van der Waals surface area contributed by atoms with Gasteiger partial charge in [-0.2, -0.15) is 0 Å². The molecule has 8 heteroatoms. The molecule has 0 bridgehead atoms. The Kier molecular flexibility index (Phi) is 2.83. The summed E-state index contributed by atoms with van der Waals surface area (Å²) in [6.45, 7) is 0.